The van der Waals surface area contributed by atoms with Crippen LogP contribution in [0.15, 0.2) is 24.3 Å². The molecule has 1 aromatic carbocycles. The van der Waals surface area contributed by atoms with E-state index >= 15 is 0 Å². The average molecular weight is 232 g/mol. The molecular formula is C16H24O. The number of rotatable bonds is 5. The van der Waals surface area contributed by atoms with Crippen molar-refractivity contribution in [1.29, 1.82) is 0 Å². The molecule has 1 aliphatic carbocycles. The van der Waals surface area contributed by atoms with Crippen LogP contribution >= 0.6 is 0 Å². The second kappa shape index (κ2) is 5.68. The van der Waals surface area contributed by atoms with E-state index in [1.807, 2.05) is 0 Å². The van der Waals surface area contributed by atoms with Crippen molar-refractivity contribution in [2.75, 3.05) is 0 Å². The quantitative estimate of drug-likeness (QED) is 0.755. The largest absolute Gasteiger partial charge is 0.385 e. The van der Waals surface area contributed by atoms with Gasteiger partial charge in [0.25, 0.3) is 0 Å². The van der Waals surface area contributed by atoms with Gasteiger partial charge in [-0.2, -0.15) is 0 Å². The van der Waals surface area contributed by atoms with Crippen LogP contribution in [0, 0.1) is 0 Å². The zero-order chi connectivity index (χ0) is 12.1. The Morgan fingerprint density at radius 2 is 2.00 bits per heavy atom. The first-order valence-electron chi connectivity index (χ1n) is 7.07. The molecule has 1 aliphatic rings. The fraction of sp³-hybridized carbons (Fsp3) is 0.625. The van der Waals surface area contributed by atoms with Gasteiger partial charge in [0.05, 0.1) is 5.60 Å². The molecule has 1 nitrogen and oxygen atoms in total. The van der Waals surface area contributed by atoms with Crippen LogP contribution < -0.4 is 0 Å². The second-order valence-corrected chi connectivity index (χ2v) is 5.35. The molecule has 0 amide bonds. The maximum Gasteiger partial charge on any atom is 0.0899 e. The van der Waals surface area contributed by atoms with E-state index in [1.165, 1.54) is 30.4 Å². The van der Waals surface area contributed by atoms with E-state index in [9.17, 15) is 5.11 Å². The molecule has 1 unspecified atom stereocenters. The Hall–Kier alpha value is -0.820. The predicted octanol–water partition coefficient (Wildman–Crippen LogP) is 4.18. The van der Waals surface area contributed by atoms with Gasteiger partial charge in [-0.3, -0.25) is 0 Å². The molecule has 2 rings (SSSR count). The summed E-state index contributed by atoms with van der Waals surface area (Å²) in [7, 11) is 0. The van der Waals surface area contributed by atoms with Crippen molar-refractivity contribution in [3.63, 3.8) is 0 Å². The molecule has 17 heavy (non-hydrogen) atoms. The summed E-state index contributed by atoms with van der Waals surface area (Å²) in [6.07, 6.45) is 9.08. The number of unbranched alkanes of at least 4 members (excludes halogenated alkanes) is 3. The topological polar surface area (TPSA) is 20.2 Å². The summed E-state index contributed by atoms with van der Waals surface area (Å²) in [5.74, 6) is 0. The van der Waals surface area contributed by atoms with Crippen molar-refractivity contribution in [2.45, 2.75) is 63.9 Å². The van der Waals surface area contributed by atoms with Crippen molar-refractivity contribution in [1.82, 2.24) is 0 Å². The Morgan fingerprint density at radius 3 is 2.82 bits per heavy atom. The lowest BCUT2D eigenvalue weighted by Crippen LogP contribution is -2.30. The molecule has 0 saturated carbocycles. The van der Waals surface area contributed by atoms with Crippen molar-refractivity contribution in [2.24, 2.45) is 0 Å². The van der Waals surface area contributed by atoms with Crippen LogP contribution in [0.25, 0.3) is 0 Å². The van der Waals surface area contributed by atoms with E-state index in [0.29, 0.717) is 0 Å². The number of fused-ring (bicyclic) bond motifs is 1. The molecular weight excluding hydrogens is 208 g/mol. The highest BCUT2D eigenvalue weighted by atomic mass is 16.3. The first kappa shape index (κ1) is 12.6. The molecule has 0 fully saturated rings. The highest BCUT2D eigenvalue weighted by molar-refractivity contribution is 5.34. The number of aryl methyl sites for hydroxylation is 1. The van der Waals surface area contributed by atoms with Gasteiger partial charge in [0.15, 0.2) is 0 Å². The molecule has 1 aromatic rings. The van der Waals surface area contributed by atoms with Crippen LogP contribution in [0.4, 0.5) is 0 Å². The minimum Gasteiger partial charge on any atom is -0.385 e. The van der Waals surface area contributed by atoms with Gasteiger partial charge in [-0.1, -0.05) is 56.9 Å². The lowest BCUT2D eigenvalue weighted by molar-refractivity contribution is 0.00758. The molecule has 1 N–H and O–H groups in total. The van der Waals surface area contributed by atoms with E-state index < -0.39 is 5.60 Å². The summed E-state index contributed by atoms with van der Waals surface area (Å²) in [6, 6.07) is 8.43. The Morgan fingerprint density at radius 1 is 1.18 bits per heavy atom. The van der Waals surface area contributed by atoms with Crippen molar-refractivity contribution >= 4 is 0 Å². The van der Waals surface area contributed by atoms with E-state index in [-0.39, 0.29) is 0 Å². The minimum atomic E-state index is -0.539. The summed E-state index contributed by atoms with van der Waals surface area (Å²) >= 11 is 0. The van der Waals surface area contributed by atoms with E-state index in [2.05, 4.69) is 31.2 Å². The van der Waals surface area contributed by atoms with Crippen LogP contribution in [0.3, 0.4) is 0 Å². The van der Waals surface area contributed by atoms with Gasteiger partial charge in [0.1, 0.15) is 0 Å². The number of benzene rings is 1. The van der Waals surface area contributed by atoms with Crippen LogP contribution in [0.1, 0.15) is 63.0 Å². The highest BCUT2D eigenvalue weighted by Crippen LogP contribution is 2.38. The molecule has 1 atom stereocenters. The molecule has 0 radical (unpaired) electrons. The lowest BCUT2D eigenvalue weighted by atomic mass is 9.76. The van der Waals surface area contributed by atoms with Crippen molar-refractivity contribution in [3.8, 4) is 0 Å². The van der Waals surface area contributed by atoms with E-state index in [0.717, 1.165) is 32.1 Å². The number of aliphatic hydroxyl groups is 1. The summed E-state index contributed by atoms with van der Waals surface area (Å²) in [6.45, 7) is 2.23. The summed E-state index contributed by atoms with van der Waals surface area (Å²) in [5, 5.41) is 10.8. The maximum absolute atomic E-state index is 10.8. The molecule has 0 heterocycles. The van der Waals surface area contributed by atoms with Gasteiger partial charge in [0, 0.05) is 0 Å². The van der Waals surface area contributed by atoms with Gasteiger partial charge in [-0.25, -0.2) is 0 Å². The first-order valence-corrected chi connectivity index (χ1v) is 7.07. The predicted molar refractivity (Wildman–Crippen MR) is 72.0 cm³/mol. The summed E-state index contributed by atoms with van der Waals surface area (Å²) < 4.78 is 0. The maximum atomic E-state index is 10.8. The molecule has 94 valence electrons. The van der Waals surface area contributed by atoms with E-state index in [1.54, 1.807) is 0 Å². The summed E-state index contributed by atoms with van der Waals surface area (Å²) in [5.41, 5.74) is 2.02. The summed E-state index contributed by atoms with van der Waals surface area (Å²) in [4.78, 5) is 0. The molecule has 0 spiro atoms. The third-order valence-electron chi connectivity index (χ3n) is 4.00. The minimum absolute atomic E-state index is 0.539. The Bertz CT molecular complexity index is 358. The van der Waals surface area contributed by atoms with E-state index in [4.69, 9.17) is 0 Å². The average Bonchev–Trinajstić information content (AvgIpc) is 2.36. The van der Waals surface area contributed by atoms with Crippen LogP contribution in [-0.4, -0.2) is 5.11 Å². The van der Waals surface area contributed by atoms with Crippen LogP contribution in [0.5, 0.6) is 0 Å². The molecule has 1 heteroatoms. The normalized spacial score (nSPS) is 23.4. The van der Waals surface area contributed by atoms with Crippen LogP contribution in [-0.2, 0) is 12.0 Å². The third-order valence-corrected chi connectivity index (χ3v) is 4.00. The fourth-order valence-corrected chi connectivity index (χ4v) is 3.00. The fourth-order valence-electron chi connectivity index (χ4n) is 3.00. The van der Waals surface area contributed by atoms with Gasteiger partial charge in [-0.15, -0.1) is 0 Å². The molecule has 0 bridgehead atoms. The first-order chi connectivity index (χ1) is 8.26. The van der Waals surface area contributed by atoms with Crippen molar-refractivity contribution in [3.05, 3.63) is 35.4 Å². The zero-order valence-electron chi connectivity index (χ0n) is 10.9. The van der Waals surface area contributed by atoms with Gasteiger partial charge < -0.3 is 5.11 Å². The molecule has 0 aliphatic heterocycles. The molecule has 0 saturated heterocycles. The third kappa shape index (κ3) is 2.90. The highest BCUT2D eigenvalue weighted by Gasteiger charge is 2.33. The van der Waals surface area contributed by atoms with Crippen molar-refractivity contribution < 1.29 is 5.11 Å². The lowest BCUT2D eigenvalue weighted by Gasteiger charge is -2.34. The smallest absolute Gasteiger partial charge is 0.0899 e. The number of hydrogen-bond acceptors (Lipinski definition) is 1. The van der Waals surface area contributed by atoms with Gasteiger partial charge in [0.2, 0.25) is 0 Å². The Balaban J connectivity index is 2.05. The monoisotopic (exact) mass is 232 g/mol. The Kier molecular flexibility index (Phi) is 4.22. The second-order valence-electron chi connectivity index (χ2n) is 5.35. The zero-order valence-corrected chi connectivity index (χ0v) is 10.9. The number of hydrogen-bond donors (Lipinski definition) is 1. The standard InChI is InChI=1S/C16H24O/c1-2-3-4-7-12-16(17)13-8-10-14-9-5-6-11-15(14)16/h5-6,9,11,17H,2-4,7-8,10,12-13H2,1H3. The SMILES string of the molecule is CCCCCCC1(O)CCCc2ccccc21. The van der Waals surface area contributed by atoms with Crippen LogP contribution in [0.2, 0.25) is 0 Å². The Labute approximate surface area is 105 Å². The molecule has 0 aromatic heterocycles. The van der Waals surface area contributed by atoms with Gasteiger partial charge >= 0.3 is 0 Å². The van der Waals surface area contributed by atoms with Gasteiger partial charge in [-0.05, 0) is 36.8 Å².